The molecule has 2 aromatic heterocycles. The molecule has 0 aromatic carbocycles. The number of hydrogen-bond donors (Lipinski definition) is 0. The van der Waals surface area contributed by atoms with Gasteiger partial charge in [0.25, 0.3) is 0 Å². The summed E-state index contributed by atoms with van der Waals surface area (Å²) in [5.41, 5.74) is 1.89. The molecule has 0 N–H and O–H groups in total. The molecule has 0 saturated carbocycles. The Bertz CT molecular complexity index is 1320. The first-order valence-corrected chi connectivity index (χ1v) is 12.0. The number of aryl methyl sites for hydroxylation is 1. The van der Waals surface area contributed by atoms with Crippen LogP contribution in [0.5, 0.6) is 0 Å². The molecule has 0 atom stereocenters. The monoisotopic (exact) mass is 534 g/mol. The van der Waals surface area contributed by atoms with Crippen LogP contribution in [0.3, 0.4) is 0 Å². The van der Waals surface area contributed by atoms with Crippen LogP contribution in [-0.2, 0) is 11.3 Å². The molecular weight excluding hydrogens is 508 g/mol. The summed E-state index contributed by atoms with van der Waals surface area (Å²) in [5.74, 6) is -0.577. The van der Waals surface area contributed by atoms with Crippen LogP contribution in [0.15, 0.2) is 71.0 Å². The van der Waals surface area contributed by atoms with Crippen molar-refractivity contribution in [3.63, 3.8) is 0 Å². The van der Waals surface area contributed by atoms with Gasteiger partial charge in [-0.2, -0.15) is 0 Å². The fourth-order valence-electron chi connectivity index (χ4n) is 4.00. The normalized spacial score (nSPS) is 16.4. The zero-order chi connectivity index (χ0) is 26.9. The summed E-state index contributed by atoms with van der Waals surface area (Å²) in [4.78, 5) is 12.1. The Kier molecular flexibility index (Phi) is 7.64. The topological polar surface area (TPSA) is 41.5 Å². The molecule has 0 unspecified atom stereocenters. The second-order valence-corrected chi connectivity index (χ2v) is 9.98. The molecule has 10 heteroatoms. The smallest absolute Gasteiger partial charge is 0.247 e. The highest BCUT2D eigenvalue weighted by Gasteiger charge is 2.35. The first-order valence-electron chi connectivity index (χ1n) is 11.6. The molecular formula is C27H27ClF4N4O. The molecule has 0 aliphatic carbocycles. The van der Waals surface area contributed by atoms with Gasteiger partial charge >= 0.3 is 0 Å². The summed E-state index contributed by atoms with van der Waals surface area (Å²) in [6.07, 6.45) is 7.19. The quantitative estimate of drug-likeness (QED) is 0.358. The summed E-state index contributed by atoms with van der Waals surface area (Å²) >= 11 is 6.54. The van der Waals surface area contributed by atoms with Crippen LogP contribution in [0.25, 0.3) is 0 Å². The molecule has 0 spiro atoms. The summed E-state index contributed by atoms with van der Waals surface area (Å²) in [7, 11) is 0. The number of anilines is 2. The summed E-state index contributed by atoms with van der Waals surface area (Å²) in [6.45, 7) is 7.26. The number of nitrogens with zero attached hydrogens (tertiary/aromatic N) is 4. The van der Waals surface area contributed by atoms with Crippen molar-refractivity contribution in [1.82, 2.24) is 9.97 Å². The second kappa shape index (κ2) is 10.6. The predicted molar refractivity (Wildman–Crippen MR) is 136 cm³/mol. The van der Waals surface area contributed by atoms with Gasteiger partial charge in [-0.15, -0.1) is 0 Å². The Morgan fingerprint density at radius 1 is 1.11 bits per heavy atom. The van der Waals surface area contributed by atoms with E-state index in [0.717, 1.165) is 29.2 Å². The summed E-state index contributed by atoms with van der Waals surface area (Å²) in [6, 6.07) is 2.64. The second-order valence-electron chi connectivity index (χ2n) is 9.52. The van der Waals surface area contributed by atoms with Gasteiger partial charge in [0.1, 0.15) is 29.7 Å². The first kappa shape index (κ1) is 26.7. The van der Waals surface area contributed by atoms with Gasteiger partial charge < -0.3 is 14.5 Å². The maximum absolute atomic E-state index is 13.9. The van der Waals surface area contributed by atoms with E-state index in [1.54, 1.807) is 24.4 Å². The largest absolute Gasteiger partial charge is 0.486 e. The fraction of sp³-hybridized carbons (Fsp3) is 0.333. The average molecular weight is 535 g/mol. The van der Waals surface area contributed by atoms with E-state index in [4.69, 9.17) is 16.3 Å². The number of ether oxygens (including phenoxy) is 1. The van der Waals surface area contributed by atoms with Gasteiger partial charge in [0.2, 0.25) is 6.43 Å². The van der Waals surface area contributed by atoms with Gasteiger partial charge in [0.15, 0.2) is 5.82 Å². The maximum Gasteiger partial charge on any atom is 0.247 e. The van der Waals surface area contributed by atoms with E-state index in [0.29, 0.717) is 35.3 Å². The molecule has 37 heavy (non-hydrogen) atoms. The van der Waals surface area contributed by atoms with Crippen molar-refractivity contribution in [2.24, 2.45) is 5.41 Å². The Morgan fingerprint density at radius 3 is 2.57 bits per heavy atom. The third-order valence-corrected chi connectivity index (χ3v) is 6.81. The van der Waals surface area contributed by atoms with E-state index in [1.165, 1.54) is 13.8 Å². The lowest BCUT2D eigenvalue weighted by Gasteiger charge is -2.34. The van der Waals surface area contributed by atoms with Crippen LogP contribution in [0.4, 0.5) is 29.1 Å². The van der Waals surface area contributed by atoms with Crippen molar-refractivity contribution in [3.05, 3.63) is 93.9 Å². The van der Waals surface area contributed by atoms with Crippen LogP contribution in [-0.4, -0.2) is 29.5 Å². The van der Waals surface area contributed by atoms with E-state index >= 15 is 0 Å². The lowest BCUT2D eigenvalue weighted by atomic mass is 9.83. The lowest BCUT2D eigenvalue weighted by Crippen LogP contribution is -2.33. The van der Waals surface area contributed by atoms with E-state index in [-0.39, 0.29) is 12.3 Å². The van der Waals surface area contributed by atoms with E-state index in [9.17, 15) is 17.6 Å². The number of hydrogen-bond acceptors (Lipinski definition) is 5. The van der Waals surface area contributed by atoms with E-state index in [1.807, 2.05) is 35.9 Å². The van der Waals surface area contributed by atoms with Gasteiger partial charge in [-0.25, -0.2) is 22.5 Å². The third-order valence-electron chi connectivity index (χ3n) is 6.50. The lowest BCUT2D eigenvalue weighted by molar-refractivity contribution is 0.0429. The summed E-state index contributed by atoms with van der Waals surface area (Å²) < 4.78 is 59.9. The molecule has 2 aliphatic rings. The zero-order valence-electron chi connectivity index (χ0n) is 20.9. The average Bonchev–Trinajstić information content (AvgIpc) is 2.85. The minimum atomic E-state index is -2.49. The molecule has 0 radical (unpaired) electrons. The van der Waals surface area contributed by atoms with Gasteiger partial charge in [0.05, 0.1) is 17.8 Å². The first-order chi connectivity index (χ1) is 17.5. The van der Waals surface area contributed by atoms with Crippen LogP contribution in [0.1, 0.15) is 32.0 Å². The fourth-order valence-corrected chi connectivity index (χ4v) is 4.22. The molecule has 0 saturated heterocycles. The number of allylic oxidation sites excluding steroid dienone is 4. The van der Waals surface area contributed by atoms with Crippen LogP contribution >= 0.6 is 11.6 Å². The molecule has 0 fully saturated rings. The standard InChI is InChI=1S/C27H27ClF4N4O/c1-16-11-34-25(35-7-5-6-18(13-35)27(3,4)26(31)32)10-23(16)36-14-20(28)24(8-17(36)2)37-15-22-21(30)9-19(29)12-33-22/h5-12,26H,13-15H2,1-4H3. The molecule has 0 amide bonds. The molecule has 4 heterocycles. The Labute approximate surface area is 218 Å². The molecule has 5 nitrogen and oxygen atoms in total. The van der Waals surface area contributed by atoms with E-state index in [2.05, 4.69) is 9.97 Å². The Morgan fingerprint density at radius 2 is 1.86 bits per heavy atom. The van der Waals surface area contributed by atoms with E-state index < -0.39 is 23.5 Å². The highest BCUT2D eigenvalue weighted by molar-refractivity contribution is 6.30. The van der Waals surface area contributed by atoms with Gasteiger partial charge in [-0.3, -0.25) is 4.98 Å². The van der Waals surface area contributed by atoms with Crippen LogP contribution in [0.2, 0.25) is 0 Å². The Balaban J connectivity index is 1.52. The highest BCUT2D eigenvalue weighted by atomic mass is 35.5. The van der Waals surface area contributed by atoms with Crippen molar-refractivity contribution in [2.75, 3.05) is 22.9 Å². The number of alkyl halides is 2. The zero-order valence-corrected chi connectivity index (χ0v) is 21.7. The highest BCUT2D eigenvalue weighted by Crippen LogP contribution is 2.37. The SMILES string of the molecule is CC1=CC(OCc2ncc(F)cc2F)=C(Cl)CN1c1cc(N2C=CC=C(C(C)(C)C(F)F)C2)ncc1C. The number of halogens is 5. The molecule has 2 aliphatic heterocycles. The molecule has 0 bridgehead atoms. The predicted octanol–water partition coefficient (Wildman–Crippen LogP) is 7.01. The van der Waals surface area contributed by atoms with Gasteiger partial charge in [-0.05, 0) is 31.1 Å². The molecule has 2 aromatic rings. The van der Waals surface area contributed by atoms with Crippen molar-refractivity contribution in [2.45, 2.75) is 40.7 Å². The molecule has 4 rings (SSSR count). The van der Waals surface area contributed by atoms with Gasteiger partial charge in [-0.1, -0.05) is 31.5 Å². The number of pyridine rings is 2. The van der Waals surface area contributed by atoms with Crippen molar-refractivity contribution >= 4 is 23.1 Å². The number of rotatable bonds is 7. The van der Waals surface area contributed by atoms with Crippen LogP contribution < -0.4 is 9.80 Å². The Hall–Kier alpha value is -3.33. The minimum Gasteiger partial charge on any atom is -0.486 e. The van der Waals surface area contributed by atoms with Gasteiger partial charge in [0, 0.05) is 53.9 Å². The maximum atomic E-state index is 13.9. The molecule has 196 valence electrons. The summed E-state index contributed by atoms with van der Waals surface area (Å²) in [5, 5.41) is 0.396. The van der Waals surface area contributed by atoms with Crippen molar-refractivity contribution in [3.8, 4) is 0 Å². The number of aromatic nitrogens is 2. The minimum absolute atomic E-state index is 0.0282. The third kappa shape index (κ3) is 5.66. The van der Waals surface area contributed by atoms with Crippen molar-refractivity contribution in [1.29, 1.82) is 0 Å². The van der Waals surface area contributed by atoms with Crippen molar-refractivity contribution < 1.29 is 22.3 Å². The van der Waals surface area contributed by atoms with Crippen LogP contribution in [0, 0.1) is 24.0 Å².